The lowest BCUT2D eigenvalue weighted by atomic mass is 10.0. The smallest absolute Gasteiger partial charge is 0.240 e. The summed E-state index contributed by atoms with van der Waals surface area (Å²) in [6.45, 7) is 0.518. The number of benzene rings is 2. The lowest BCUT2D eigenvalue weighted by Crippen LogP contribution is -2.40. The molecule has 2 N–H and O–H groups in total. The topological polar surface area (TPSA) is 58.2 Å². The Morgan fingerprint density at radius 2 is 1.62 bits per heavy atom. The first-order valence-electron chi connectivity index (χ1n) is 8.00. The molecule has 0 atom stereocenters. The molecule has 1 saturated carbocycles. The number of para-hydroxylation sites is 1. The van der Waals surface area contributed by atoms with Gasteiger partial charge >= 0.3 is 0 Å². The molecule has 4 nitrogen and oxygen atoms in total. The van der Waals surface area contributed by atoms with E-state index >= 15 is 0 Å². The molecule has 0 radical (unpaired) electrons. The van der Waals surface area contributed by atoms with E-state index in [1.807, 2.05) is 30.3 Å². The van der Waals surface area contributed by atoms with Gasteiger partial charge in [0, 0.05) is 6.54 Å². The first kappa shape index (κ1) is 16.5. The van der Waals surface area contributed by atoms with Crippen LogP contribution in [0.25, 0.3) is 0 Å². The lowest BCUT2D eigenvalue weighted by molar-refractivity contribution is -0.134. The predicted octanol–water partition coefficient (Wildman–Crippen LogP) is 3.42. The normalized spacial score (nSPS) is 14.7. The zero-order valence-electron chi connectivity index (χ0n) is 13.2. The molecule has 3 rings (SSSR count). The summed E-state index contributed by atoms with van der Waals surface area (Å²) < 4.78 is 0. The largest absolute Gasteiger partial charge is 0.355 e. The zero-order valence-corrected chi connectivity index (χ0v) is 14.0. The van der Waals surface area contributed by atoms with Crippen molar-refractivity contribution in [2.24, 2.45) is 5.41 Å². The molecule has 2 amide bonds. The van der Waals surface area contributed by atoms with Gasteiger partial charge in [-0.15, -0.1) is 0 Å². The fourth-order valence-corrected chi connectivity index (χ4v) is 2.80. The van der Waals surface area contributed by atoms with Crippen LogP contribution in [0.5, 0.6) is 0 Å². The van der Waals surface area contributed by atoms with Gasteiger partial charge in [0.15, 0.2) is 0 Å². The fraction of sp³-hybridized carbons (Fsp3) is 0.263. The highest BCUT2D eigenvalue weighted by molar-refractivity contribution is 6.34. The minimum atomic E-state index is -0.949. The van der Waals surface area contributed by atoms with Crippen molar-refractivity contribution >= 4 is 29.1 Å². The second kappa shape index (κ2) is 7.05. The van der Waals surface area contributed by atoms with Gasteiger partial charge in [0.25, 0.3) is 0 Å². The highest BCUT2D eigenvalue weighted by Crippen LogP contribution is 2.47. The average Bonchev–Trinajstić information content (AvgIpc) is 3.40. The zero-order chi connectivity index (χ0) is 17.0. The molecular weight excluding hydrogens is 324 g/mol. The minimum absolute atomic E-state index is 0.206. The number of nitrogens with one attached hydrogen (secondary N) is 2. The van der Waals surface area contributed by atoms with Crippen LogP contribution in [0.4, 0.5) is 5.69 Å². The second-order valence-corrected chi connectivity index (χ2v) is 6.41. The molecule has 0 aliphatic heterocycles. The van der Waals surface area contributed by atoms with Crippen molar-refractivity contribution in [1.29, 1.82) is 0 Å². The molecule has 1 fully saturated rings. The van der Waals surface area contributed by atoms with Crippen molar-refractivity contribution in [3.05, 3.63) is 65.2 Å². The standard InChI is InChI=1S/C19H19ClN2O2/c20-15-8-4-5-9-16(15)22-18(24)19(11-12-19)17(23)21-13-10-14-6-2-1-3-7-14/h1-9H,10-13H2,(H,21,23)(H,22,24). The van der Waals surface area contributed by atoms with Crippen LogP contribution in [0, 0.1) is 5.41 Å². The van der Waals surface area contributed by atoms with Gasteiger partial charge in [-0.25, -0.2) is 0 Å². The van der Waals surface area contributed by atoms with E-state index in [2.05, 4.69) is 10.6 Å². The quantitative estimate of drug-likeness (QED) is 0.790. The molecule has 0 saturated heterocycles. The highest BCUT2D eigenvalue weighted by atomic mass is 35.5. The third-order valence-corrected chi connectivity index (χ3v) is 4.61. The Morgan fingerprint density at radius 1 is 0.958 bits per heavy atom. The summed E-state index contributed by atoms with van der Waals surface area (Å²) in [6, 6.07) is 16.9. The van der Waals surface area contributed by atoms with Crippen molar-refractivity contribution in [3.63, 3.8) is 0 Å². The summed E-state index contributed by atoms with van der Waals surface area (Å²) in [7, 11) is 0. The monoisotopic (exact) mass is 342 g/mol. The highest BCUT2D eigenvalue weighted by Gasteiger charge is 2.56. The van der Waals surface area contributed by atoms with Crippen molar-refractivity contribution < 1.29 is 9.59 Å². The molecule has 0 bridgehead atoms. The van der Waals surface area contributed by atoms with Crippen LogP contribution in [0.15, 0.2) is 54.6 Å². The minimum Gasteiger partial charge on any atom is -0.355 e. The Bertz CT molecular complexity index is 742. The molecule has 124 valence electrons. The first-order valence-corrected chi connectivity index (χ1v) is 8.38. The predicted molar refractivity (Wildman–Crippen MR) is 94.9 cm³/mol. The maximum absolute atomic E-state index is 12.5. The Hall–Kier alpha value is -2.33. The second-order valence-electron chi connectivity index (χ2n) is 6.01. The summed E-state index contributed by atoms with van der Waals surface area (Å²) in [5, 5.41) is 6.12. The van der Waals surface area contributed by atoms with Crippen molar-refractivity contribution in [2.75, 3.05) is 11.9 Å². The molecule has 0 heterocycles. The van der Waals surface area contributed by atoms with E-state index in [0.29, 0.717) is 30.1 Å². The molecular formula is C19H19ClN2O2. The third kappa shape index (κ3) is 3.60. The summed E-state index contributed by atoms with van der Waals surface area (Å²) in [4.78, 5) is 24.9. The fourth-order valence-electron chi connectivity index (χ4n) is 2.62. The Labute approximate surface area is 146 Å². The van der Waals surface area contributed by atoms with E-state index < -0.39 is 5.41 Å². The van der Waals surface area contributed by atoms with Gasteiger partial charge in [-0.05, 0) is 37.0 Å². The molecule has 0 unspecified atom stereocenters. The van der Waals surface area contributed by atoms with Crippen LogP contribution in [0.2, 0.25) is 5.02 Å². The number of hydrogen-bond donors (Lipinski definition) is 2. The number of hydrogen-bond acceptors (Lipinski definition) is 2. The van der Waals surface area contributed by atoms with Crippen LogP contribution in [0.1, 0.15) is 18.4 Å². The van der Waals surface area contributed by atoms with E-state index in [1.165, 1.54) is 0 Å². The van der Waals surface area contributed by atoms with Crippen LogP contribution in [-0.4, -0.2) is 18.4 Å². The molecule has 1 aliphatic rings. The number of carbonyl (C=O) groups is 2. The number of halogens is 1. The van der Waals surface area contributed by atoms with Gasteiger partial charge < -0.3 is 10.6 Å². The molecule has 24 heavy (non-hydrogen) atoms. The van der Waals surface area contributed by atoms with E-state index in [9.17, 15) is 9.59 Å². The maximum atomic E-state index is 12.5. The Morgan fingerprint density at radius 3 is 2.29 bits per heavy atom. The number of amides is 2. The van der Waals surface area contributed by atoms with Crippen molar-refractivity contribution in [2.45, 2.75) is 19.3 Å². The summed E-state index contributed by atoms with van der Waals surface area (Å²) in [5.74, 6) is -0.490. The van der Waals surface area contributed by atoms with Gasteiger partial charge in [0.2, 0.25) is 11.8 Å². The molecule has 2 aromatic carbocycles. The van der Waals surface area contributed by atoms with E-state index in [-0.39, 0.29) is 11.8 Å². The molecule has 1 aliphatic carbocycles. The van der Waals surface area contributed by atoms with Gasteiger partial charge in [-0.1, -0.05) is 54.1 Å². The molecule has 5 heteroatoms. The summed E-state index contributed by atoms with van der Waals surface area (Å²) in [6.07, 6.45) is 1.88. The van der Waals surface area contributed by atoms with Gasteiger partial charge in [-0.2, -0.15) is 0 Å². The summed E-state index contributed by atoms with van der Waals surface area (Å²) >= 11 is 6.05. The Balaban J connectivity index is 1.56. The van der Waals surface area contributed by atoms with Gasteiger partial charge in [0.1, 0.15) is 5.41 Å². The molecule has 2 aromatic rings. The molecule has 0 aromatic heterocycles. The lowest BCUT2D eigenvalue weighted by Gasteiger charge is -2.16. The van der Waals surface area contributed by atoms with Crippen molar-refractivity contribution in [1.82, 2.24) is 5.32 Å². The number of rotatable bonds is 6. The third-order valence-electron chi connectivity index (χ3n) is 4.28. The van der Waals surface area contributed by atoms with Crippen LogP contribution in [-0.2, 0) is 16.0 Å². The van der Waals surface area contributed by atoms with E-state index in [0.717, 1.165) is 12.0 Å². The molecule has 0 spiro atoms. The van der Waals surface area contributed by atoms with Crippen molar-refractivity contribution in [3.8, 4) is 0 Å². The average molecular weight is 343 g/mol. The van der Waals surface area contributed by atoms with E-state index in [1.54, 1.807) is 24.3 Å². The van der Waals surface area contributed by atoms with E-state index in [4.69, 9.17) is 11.6 Å². The number of carbonyl (C=O) groups excluding carboxylic acids is 2. The first-order chi connectivity index (χ1) is 11.6. The number of anilines is 1. The Kier molecular flexibility index (Phi) is 4.86. The maximum Gasteiger partial charge on any atom is 0.240 e. The SMILES string of the molecule is O=C(NCCc1ccccc1)C1(C(=O)Nc2ccccc2Cl)CC1. The van der Waals surface area contributed by atoms with Gasteiger partial charge in [-0.3, -0.25) is 9.59 Å². The van der Waals surface area contributed by atoms with Crippen LogP contribution in [0.3, 0.4) is 0 Å². The van der Waals surface area contributed by atoms with Crippen LogP contribution >= 0.6 is 11.6 Å². The van der Waals surface area contributed by atoms with Crippen LogP contribution < -0.4 is 10.6 Å². The van der Waals surface area contributed by atoms with Gasteiger partial charge in [0.05, 0.1) is 10.7 Å². The summed E-state index contributed by atoms with van der Waals surface area (Å²) in [5.41, 5.74) is 0.742.